The predicted octanol–water partition coefficient (Wildman–Crippen LogP) is 3.70. The summed E-state index contributed by atoms with van der Waals surface area (Å²) in [4.78, 5) is 27.7. The van der Waals surface area contributed by atoms with Gasteiger partial charge in [-0.15, -0.1) is 11.3 Å². The number of hydrogen-bond donors (Lipinski definition) is 1. The van der Waals surface area contributed by atoms with E-state index >= 15 is 0 Å². The second-order valence-electron chi connectivity index (χ2n) is 6.16. The van der Waals surface area contributed by atoms with Crippen LogP contribution in [0.3, 0.4) is 0 Å². The normalized spacial score (nSPS) is 10.5. The third-order valence-electron chi connectivity index (χ3n) is 4.24. The van der Waals surface area contributed by atoms with Crippen molar-refractivity contribution >= 4 is 23.2 Å². The lowest BCUT2D eigenvalue weighted by molar-refractivity contribution is -0.132. The van der Waals surface area contributed by atoms with Gasteiger partial charge >= 0.3 is 0 Å². The summed E-state index contributed by atoms with van der Waals surface area (Å²) in [6, 6.07) is 13.2. The van der Waals surface area contributed by atoms with Gasteiger partial charge in [0.1, 0.15) is 12.0 Å². The highest BCUT2D eigenvalue weighted by molar-refractivity contribution is 7.09. The van der Waals surface area contributed by atoms with Crippen LogP contribution in [0, 0.1) is 0 Å². The molecule has 3 rings (SSSR count). The molecule has 2 heterocycles. The molecule has 0 saturated carbocycles. The van der Waals surface area contributed by atoms with E-state index in [-0.39, 0.29) is 24.8 Å². The van der Waals surface area contributed by atoms with Crippen molar-refractivity contribution in [3.05, 3.63) is 76.4 Å². The Kier molecular flexibility index (Phi) is 6.86. The van der Waals surface area contributed by atoms with Crippen molar-refractivity contribution in [1.29, 1.82) is 0 Å². The van der Waals surface area contributed by atoms with Crippen molar-refractivity contribution in [3.8, 4) is 5.75 Å². The Hall–Kier alpha value is -3.06. The van der Waals surface area contributed by atoms with E-state index in [2.05, 4.69) is 5.32 Å². The van der Waals surface area contributed by atoms with E-state index in [9.17, 15) is 9.59 Å². The van der Waals surface area contributed by atoms with Gasteiger partial charge in [0.25, 0.3) is 5.91 Å². The molecule has 0 atom stereocenters. The highest BCUT2D eigenvalue weighted by atomic mass is 32.1. The van der Waals surface area contributed by atoms with Crippen LogP contribution in [0.5, 0.6) is 5.75 Å². The van der Waals surface area contributed by atoms with Crippen LogP contribution in [0.15, 0.2) is 64.8 Å². The number of furan rings is 1. The first-order valence-corrected chi connectivity index (χ1v) is 9.78. The Bertz CT molecular complexity index is 891. The number of nitrogens with zero attached hydrogens (tertiary/aromatic N) is 1. The molecule has 2 aromatic heterocycles. The van der Waals surface area contributed by atoms with Crippen molar-refractivity contribution in [2.24, 2.45) is 0 Å². The highest BCUT2D eigenvalue weighted by Gasteiger charge is 2.17. The Morgan fingerprint density at radius 3 is 2.71 bits per heavy atom. The topological polar surface area (TPSA) is 71.8 Å². The first-order chi connectivity index (χ1) is 13.7. The number of ether oxygens (including phenoxy) is 1. The number of carbonyl (C=O) groups excluding carboxylic acids is 2. The van der Waals surface area contributed by atoms with Gasteiger partial charge in [-0.2, -0.15) is 0 Å². The quantitative estimate of drug-likeness (QED) is 0.597. The molecule has 3 aromatic rings. The van der Waals surface area contributed by atoms with E-state index in [4.69, 9.17) is 9.15 Å². The zero-order valence-electron chi connectivity index (χ0n) is 15.6. The second-order valence-corrected chi connectivity index (χ2v) is 7.19. The summed E-state index contributed by atoms with van der Waals surface area (Å²) < 4.78 is 10.3. The molecule has 28 heavy (non-hydrogen) atoms. The molecule has 0 unspecified atom stereocenters. The van der Waals surface area contributed by atoms with Gasteiger partial charge in [0.05, 0.1) is 25.5 Å². The first-order valence-electron chi connectivity index (χ1n) is 8.90. The molecule has 1 aromatic carbocycles. The standard InChI is InChI=1S/C21H22N2O4S/c1-26-19-7-3-2-5-16(19)13-23(14-18-6-4-12-28-18)20(24)8-10-22-21(25)17-9-11-27-15-17/h2-7,9,11-12,15H,8,10,13-14H2,1H3,(H,22,25). The summed E-state index contributed by atoms with van der Waals surface area (Å²) in [5, 5.41) is 4.74. The van der Waals surface area contributed by atoms with E-state index in [0.717, 1.165) is 16.2 Å². The summed E-state index contributed by atoms with van der Waals surface area (Å²) in [5.41, 5.74) is 1.38. The number of methoxy groups -OCH3 is 1. The third kappa shape index (κ3) is 5.23. The van der Waals surface area contributed by atoms with Crippen LogP contribution in [0.25, 0.3) is 0 Å². The molecular formula is C21H22N2O4S. The smallest absolute Gasteiger partial charge is 0.254 e. The zero-order chi connectivity index (χ0) is 19.8. The minimum atomic E-state index is -0.254. The van der Waals surface area contributed by atoms with Crippen LogP contribution >= 0.6 is 11.3 Å². The van der Waals surface area contributed by atoms with Gasteiger partial charge in [-0.1, -0.05) is 24.3 Å². The Morgan fingerprint density at radius 1 is 1.14 bits per heavy atom. The lowest BCUT2D eigenvalue weighted by atomic mass is 10.1. The van der Waals surface area contributed by atoms with E-state index < -0.39 is 0 Å². The number of nitrogens with one attached hydrogen (secondary N) is 1. The Labute approximate surface area is 167 Å². The fourth-order valence-electron chi connectivity index (χ4n) is 2.80. The minimum absolute atomic E-state index is 0.0354. The minimum Gasteiger partial charge on any atom is -0.496 e. The van der Waals surface area contributed by atoms with Crippen molar-refractivity contribution < 1.29 is 18.7 Å². The number of rotatable bonds is 9. The van der Waals surface area contributed by atoms with E-state index in [0.29, 0.717) is 18.7 Å². The maximum atomic E-state index is 12.9. The molecule has 1 N–H and O–H groups in total. The van der Waals surface area contributed by atoms with Crippen molar-refractivity contribution in [2.45, 2.75) is 19.5 Å². The van der Waals surface area contributed by atoms with Gasteiger partial charge in [-0.3, -0.25) is 9.59 Å². The molecule has 0 saturated heterocycles. The van der Waals surface area contributed by atoms with Crippen LogP contribution in [-0.4, -0.2) is 30.4 Å². The molecule has 0 spiro atoms. The molecule has 0 fully saturated rings. The number of thiophene rings is 1. The zero-order valence-corrected chi connectivity index (χ0v) is 16.4. The number of amides is 2. The monoisotopic (exact) mass is 398 g/mol. The van der Waals surface area contributed by atoms with Crippen molar-refractivity contribution in [2.75, 3.05) is 13.7 Å². The highest BCUT2D eigenvalue weighted by Crippen LogP contribution is 2.22. The van der Waals surface area contributed by atoms with E-state index in [1.54, 1.807) is 29.4 Å². The van der Waals surface area contributed by atoms with Crippen LogP contribution < -0.4 is 10.1 Å². The lowest BCUT2D eigenvalue weighted by Gasteiger charge is -2.23. The SMILES string of the molecule is COc1ccccc1CN(Cc1cccs1)C(=O)CCNC(=O)c1ccoc1. The van der Waals surface area contributed by atoms with Crippen LogP contribution in [0.2, 0.25) is 0 Å². The summed E-state index contributed by atoms with van der Waals surface area (Å²) in [6.45, 7) is 1.22. The fourth-order valence-corrected chi connectivity index (χ4v) is 3.52. The van der Waals surface area contributed by atoms with E-state index in [1.165, 1.54) is 12.5 Å². The van der Waals surface area contributed by atoms with Gasteiger partial charge in [-0.05, 0) is 23.6 Å². The average Bonchev–Trinajstić information content (AvgIpc) is 3.42. The molecule has 0 bridgehead atoms. The first kappa shape index (κ1) is 19.7. The summed E-state index contributed by atoms with van der Waals surface area (Å²) in [5.74, 6) is 0.461. The van der Waals surface area contributed by atoms with Crippen molar-refractivity contribution in [1.82, 2.24) is 10.2 Å². The van der Waals surface area contributed by atoms with Crippen LogP contribution in [0.1, 0.15) is 27.2 Å². The Balaban J connectivity index is 1.63. The Morgan fingerprint density at radius 2 is 2.00 bits per heavy atom. The molecule has 0 aliphatic carbocycles. The molecular weight excluding hydrogens is 376 g/mol. The molecule has 0 radical (unpaired) electrons. The van der Waals surface area contributed by atoms with Crippen LogP contribution in [-0.2, 0) is 17.9 Å². The molecule has 146 valence electrons. The van der Waals surface area contributed by atoms with Gasteiger partial charge in [0, 0.05) is 30.0 Å². The molecule has 6 nitrogen and oxygen atoms in total. The van der Waals surface area contributed by atoms with Gasteiger partial charge in [0.2, 0.25) is 5.91 Å². The van der Waals surface area contributed by atoms with Gasteiger partial charge in [0.15, 0.2) is 0 Å². The predicted molar refractivity (Wildman–Crippen MR) is 107 cm³/mol. The lowest BCUT2D eigenvalue weighted by Crippen LogP contribution is -2.33. The number of hydrogen-bond acceptors (Lipinski definition) is 5. The van der Waals surface area contributed by atoms with Crippen LogP contribution in [0.4, 0.5) is 0 Å². The fraction of sp³-hybridized carbons (Fsp3) is 0.238. The van der Waals surface area contributed by atoms with Gasteiger partial charge < -0.3 is 19.4 Å². The van der Waals surface area contributed by atoms with Crippen molar-refractivity contribution in [3.63, 3.8) is 0 Å². The number of para-hydroxylation sites is 1. The summed E-state index contributed by atoms with van der Waals surface area (Å²) in [6.07, 6.45) is 3.03. The molecule has 7 heteroatoms. The maximum Gasteiger partial charge on any atom is 0.254 e. The summed E-state index contributed by atoms with van der Waals surface area (Å²) in [7, 11) is 1.62. The largest absolute Gasteiger partial charge is 0.496 e. The number of carbonyl (C=O) groups is 2. The second kappa shape index (κ2) is 9.75. The van der Waals surface area contributed by atoms with Gasteiger partial charge in [-0.25, -0.2) is 0 Å². The maximum absolute atomic E-state index is 12.9. The molecule has 0 aliphatic heterocycles. The average molecular weight is 398 g/mol. The van der Waals surface area contributed by atoms with E-state index in [1.807, 2.05) is 41.8 Å². The number of benzene rings is 1. The summed E-state index contributed by atoms with van der Waals surface area (Å²) >= 11 is 1.61. The molecule has 0 aliphatic rings. The third-order valence-corrected chi connectivity index (χ3v) is 5.10. The molecule has 2 amide bonds.